The SMILES string of the molecule is COc1n[n+]([O-])c(OC)cc1[N+](=O)[O-]. The van der Waals surface area contributed by atoms with E-state index in [4.69, 9.17) is 0 Å². The lowest BCUT2D eigenvalue weighted by Gasteiger charge is -2.02. The molecule has 0 unspecified atom stereocenters. The van der Waals surface area contributed by atoms with E-state index in [-0.39, 0.29) is 16.6 Å². The van der Waals surface area contributed by atoms with E-state index in [1.54, 1.807) is 0 Å². The second-order valence-corrected chi connectivity index (χ2v) is 2.21. The largest absolute Gasteiger partial charge is 0.591 e. The molecule has 0 aromatic carbocycles. The van der Waals surface area contributed by atoms with Crippen LogP contribution in [0.4, 0.5) is 5.69 Å². The Morgan fingerprint density at radius 2 is 2.14 bits per heavy atom. The Morgan fingerprint density at radius 3 is 2.57 bits per heavy atom. The third kappa shape index (κ3) is 1.63. The van der Waals surface area contributed by atoms with Crippen molar-refractivity contribution in [2.75, 3.05) is 14.2 Å². The van der Waals surface area contributed by atoms with Crippen LogP contribution in [-0.4, -0.2) is 24.2 Å². The van der Waals surface area contributed by atoms with Gasteiger partial charge in [0.25, 0.3) is 0 Å². The van der Waals surface area contributed by atoms with Gasteiger partial charge in [0.2, 0.25) is 0 Å². The molecule has 0 saturated heterocycles. The van der Waals surface area contributed by atoms with Crippen LogP contribution < -0.4 is 14.3 Å². The molecule has 1 aromatic heterocycles. The molecule has 0 saturated carbocycles. The quantitative estimate of drug-likeness (QED) is 0.286. The van der Waals surface area contributed by atoms with Gasteiger partial charge in [0.05, 0.1) is 24.2 Å². The highest BCUT2D eigenvalue weighted by molar-refractivity contribution is 5.40. The molecule has 0 aliphatic heterocycles. The van der Waals surface area contributed by atoms with Crippen molar-refractivity contribution >= 4 is 5.69 Å². The Balaban J connectivity index is 3.32. The molecule has 0 amide bonds. The molecule has 1 rings (SSSR count). The van der Waals surface area contributed by atoms with Gasteiger partial charge in [-0.05, 0) is 4.85 Å². The minimum Gasteiger partial charge on any atom is -0.591 e. The minimum atomic E-state index is -0.714. The highest BCUT2D eigenvalue weighted by atomic mass is 16.6. The lowest BCUT2D eigenvalue weighted by atomic mass is 10.4. The van der Waals surface area contributed by atoms with Crippen LogP contribution in [0.3, 0.4) is 0 Å². The molecule has 0 N–H and O–H groups in total. The molecule has 76 valence electrons. The summed E-state index contributed by atoms with van der Waals surface area (Å²) in [6.07, 6.45) is 0. The van der Waals surface area contributed by atoms with Crippen molar-refractivity contribution in [3.63, 3.8) is 0 Å². The molecular formula is C6H7N3O5. The molecular weight excluding hydrogens is 194 g/mol. The fourth-order valence-electron chi connectivity index (χ4n) is 0.830. The second kappa shape index (κ2) is 3.73. The summed E-state index contributed by atoms with van der Waals surface area (Å²) in [6, 6.07) is 0.943. The van der Waals surface area contributed by atoms with Gasteiger partial charge in [-0.25, -0.2) is 0 Å². The molecule has 1 heterocycles. The molecule has 0 fully saturated rings. The number of hydrogen-bond donors (Lipinski definition) is 0. The van der Waals surface area contributed by atoms with Crippen LogP contribution in [0.2, 0.25) is 0 Å². The number of nitro groups is 1. The Labute approximate surface area is 78.4 Å². The molecule has 0 radical (unpaired) electrons. The first kappa shape index (κ1) is 9.96. The van der Waals surface area contributed by atoms with E-state index in [1.165, 1.54) is 14.2 Å². The van der Waals surface area contributed by atoms with Crippen LogP contribution in [0.15, 0.2) is 6.07 Å². The number of rotatable bonds is 3. The maximum Gasteiger partial charge on any atom is 0.412 e. The molecule has 8 nitrogen and oxygen atoms in total. The maximum absolute atomic E-state index is 11.0. The average Bonchev–Trinajstić information content (AvgIpc) is 2.16. The number of ether oxygens (including phenoxy) is 2. The first-order valence-electron chi connectivity index (χ1n) is 3.47. The lowest BCUT2D eigenvalue weighted by Crippen LogP contribution is -2.33. The smallest absolute Gasteiger partial charge is 0.412 e. The molecule has 0 spiro atoms. The van der Waals surface area contributed by atoms with Gasteiger partial charge in [0.1, 0.15) is 6.07 Å². The molecule has 1 aromatic rings. The zero-order valence-corrected chi connectivity index (χ0v) is 7.46. The van der Waals surface area contributed by atoms with Gasteiger partial charge >= 0.3 is 17.4 Å². The van der Waals surface area contributed by atoms with Crippen LogP contribution in [0.1, 0.15) is 0 Å². The highest BCUT2D eigenvalue weighted by Crippen LogP contribution is 2.24. The van der Waals surface area contributed by atoms with E-state index in [0.717, 1.165) is 6.07 Å². The standard InChI is InChI=1S/C6H7N3O5/c1-13-5-3-4(9(11)12)6(14-2)7-8(5)10/h3H,1-2H3. The Bertz CT molecular complexity index is 367. The van der Waals surface area contributed by atoms with Gasteiger partial charge in [-0.2, -0.15) is 0 Å². The van der Waals surface area contributed by atoms with Crippen LogP contribution >= 0.6 is 0 Å². The number of aromatic nitrogens is 2. The van der Waals surface area contributed by atoms with Gasteiger partial charge < -0.3 is 14.7 Å². The van der Waals surface area contributed by atoms with Gasteiger partial charge in [-0.3, -0.25) is 10.1 Å². The topological polar surface area (TPSA) is 101 Å². The number of nitrogens with zero attached hydrogens (tertiary/aromatic N) is 3. The Morgan fingerprint density at radius 1 is 1.50 bits per heavy atom. The number of methoxy groups -OCH3 is 2. The first-order valence-corrected chi connectivity index (χ1v) is 3.47. The van der Waals surface area contributed by atoms with Crippen molar-refractivity contribution in [2.24, 2.45) is 0 Å². The van der Waals surface area contributed by atoms with E-state index in [1.807, 2.05) is 0 Å². The van der Waals surface area contributed by atoms with Gasteiger partial charge in [-0.15, -0.1) is 0 Å². The fraction of sp³-hybridized carbons (Fsp3) is 0.333. The van der Waals surface area contributed by atoms with Crippen molar-refractivity contribution < 1.29 is 19.2 Å². The third-order valence-electron chi connectivity index (χ3n) is 1.45. The summed E-state index contributed by atoms with van der Waals surface area (Å²) in [5, 5.41) is 24.7. The summed E-state index contributed by atoms with van der Waals surface area (Å²) in [5.74, 6) is -0.622. The summed E-state index contributed by atoms with van der Waals surface area (Å²) < 4.78 is 9.12. The molecule has 14 heavy (non-hydrogen) atoms. The van der Waals surface area contributed by atoms with Crippen LogP contribution in [0.25, 0.3) is 0 Å². The predicted octanol–water partition coefficient (Wildman–Crippen LogP) is -0.360. The van der Waals surface area contributed by atoms with E-state index in [2.05, 4.69) is 14.6 Å². The predicted molar refractivity (Wildman–Crippen MR) is 43.0 cm³/mol. The van der Waals surface area contributed by atoms with Crippen molar-refractivity contribution in [3.05, 3.63) is 21.4 Å². The first-order chi connectivity index (χ1) is 6.60. The summed E-state index contributed by atoms with van der Waals surface area (Å²) >= 11 is 0. The number of hydrogen-bond acceptors (Lipinski definition) is 6. The average molecular weight is 201 g/mol. The van der Waals surface area contributed by atoms with Crippen LogP contribution in [0.5, 0.6) is 11.8 Å². The van der Waals surface area contributed by atoms with Gasteiger partial charge in [-0.1, -0.05) is 0 Å². The fourth-order valence-corrected chi connectivity index (χ4v) is 0.830. The molecule has 8 heteroatoms. The normalized spacial score (nSPS) is 9.57. The highest BCUT2D eigenvalue weighted by Gasteiger charge is 2.25. The van der Waals surface area contributed by atoms with E-state index < -0.39 is 10.6 Å². The minimum absolute atomic E-state index is 0.103. The molecule has 0 aliphatic carbocycles. The van der Waals surface area contributed by atoms with E-state index in [9.17, 15) is 15.3 Å². The maximum atomic E-state index is 11.0. The second-order valence-electron chi connectivity index (χ2n) is 2.21. The zero-order chi connectivity index (χ0) is 10.7. The molecule has 0 bridgehead atoms. The summed E-state index contributed by atoms with van der Waals surface area (Å²) in [4.78, 5) is 9.87. The van der Waals surface area contributed by atoms with Crippen molar-refractivity contribution in [3.8, 4) is 11.8 Å². The zero-order valence-electron chi connectivity index (χ0n) is 7.46. The van der Waals surface area contributed by atoms with Gasteiger partial charge in [0, 0.05) is 0 Å². The van der Waals surface area contributed by atoms with E-state index >= 15 is 0 Å². The van der Waals surface area contributed by atoms with Crippen LogP contribution in [0, 0.1) is 15.3 Å². The Hall–Kier alpha value is -2.12. The van der Waals surface area contributed by atoms with Crippen molar-refractivity contribution in [1.29, 1.82) is 0 Å². The van der Waals surface area contributed by atoms with Gasteiger partial charge in [0.15, 0.2) is 0 Å². The van der Waals surface area contributed by atoms with Crippen molar-refractivity contribution in [2.45, 2.75) is 0 Å². The molecule has 0 aliphatic rings. The lowest BCUT2D eigenvalue weighted by molar-refractivity contribution is -0.675. The summed E-state index contributed by atoms with van der Waals surface area (Å²) in [6.45, 7) is 0. The summed E-state index contributed by atoms with van der Waals surface area (Å²) in [5.41, 5.74) is -0.420. The van der Waals surface area contributed by atoms with E-state index in [0.29, 0.717) is 0 Å². The Kier molecular flexibility index (Phi) is 2.65. The summed E-state index contributed by atoms with van der Waals surface area (Å²) in [7, 11) is 2.39. The monoisotopic (exact) mass is 201 g/mol. The molecule has 0 atom stereocenters. The van der Waals surface area contributed by atoms with Crippen molar-refractivity contribution in [1.82, 2.24) is 5.10 Å². The third-order valence-corrected chi connectivity index (χ3v) is 1.45. The van der Waals surface area contributed by atoms with Crippen LogP contribution in [-0.2, 0) is 0 Å².